The minimum atomic E-state index is 0.122. The van der Waals surface area contributed by atoms with E-state index in [4.69, 9.17) is 10.5 Å². The van der Waals surface area contributed by atoms with E-state index in [1.807, 2.05) is 55.4 Å². The second kappa shape index (κ2) is 5.55. The summed E-state index contributed by atoms with van der Waals surface area (Å²) in [5.41, 5.74) is 2.18. The SMILES string of the molecule is CN(C)c1ccc2c(c1)Sc1cc(=C(C#N)C#N)ccc1=N2. The maximum Gasteiger partial charge on any atom is 0.136 e. The summed E-state index contributed by atoms with van der Waals surface area (Å²) in [6.07, 6.45) is 0. The normalized spacial score (nSPS) is 11.3. The van der Waals surface area contributed by atoms with Crippen LogP contribution in [0.1, 0.15) is 0 Å². The topological polar surface area (TPSA) is 63.2 Å². The molecule has 2 aromatic rings. The number of hydrogen-bond donors (Lipinski definition) is 0. The highest BCUT2D eigenvalue weighted by Crippen LogP contribution is 2.38. The van der Waals surface area contributed by atoms with Crippen LogP contribution in [0.5, 0.6) is 0 Å². The zero-order valence-electron chi connectivity index (χ0n) is 12.2. The van der Waals surface area contributed by atoms with Gasteiger partial charge in [-0.15, -0.1) is 0 Å². The Labute approximate surface area is 132 Å². The van der Waals surface area contributed by atoms with Crippen molar-refractivity contribution in [2.24, 2.45) is 4.99 Å². The highest BCUT2D eigenvalue weighted by Gasteiger charge is 2.13. The van der Waals surface area contributed by atoms with Crippen LogP contribution in [0.15, 0.2) is 51.2 Å². The molecule has 0 aliphatic carbocycles. The van der Waals surface area contributed by atoms with E-state index < -0.39 is 0 Å². The van der Waals surface area contributed by atoms with Gasteiger partial charge in [0.05, 0.1) is 11.0 Å². The monoisotopic (exact) mass is 304 g/mol. The van der Waals surface area contributed by atoms with Gasteiger partial charge in [-0.05, 0) is 30.3 Å². The zero-order valence-corrected chi connectivity index (χ0v) is 13.0. The first-order valence-corrected chi connectivity index (χ1v) is 7.46. The van der Waals surface area contributed by atoms with Crippen LogP contribution < -0.4 is 15.5 Å². The van der Waals surface area contributed by atoms with Crippen molar-refractivity contribution in [2.75, 3.05) is 19.0 Å². The summed E-state index contributed by atoms with van der Waals surface area (Å²) in [7, 11) is 4.00. The van der Waals surface area contributed by atoms with Gasteiger partial charge in [0.2, 0.25) is 0 Å². The second-order valence-electron chi connectivity index (χ2n) is 5.04. The average molecular weight is 304 g/mol. The third-order valence-corrected chi connectivity index (χ3v) is 4.49. The molecule has 0 N–H and O–H groups in total. The third-order valence-electron chi connectivity index (χ3n) is 3.39. The van der Waals surface area contributed by atoms with Gasteiger partial charge < -0.3 is 4.90 Å². The fourth-order valence-corrected chi connectivity index (χ4v) is 3.24. The standard InChI is InChI=1S/C17H12N4S/c1-21(2)13-4-6-15-17(8-13)22-16-7-11(12(9-18)10-19)3-5-14(16)20-15/h3-8H,1-2H3. The van der Waals surface area contributed by atoms with Gasteiger partial charge in [-0.1, -0.05) is 17.8 Å². The van der Waals surface area contributed by atoms with Crippen molar-refractivity contribution in [1.82, 2.24) is 0 Å². The molecular weight excluding hydrogens is 292 g/mol. The minimum absolute atomic E-state index is 0.122. The van der Waals surface area contributed by atoms with Crippen LogP contribution in [0.4, 0.5) is 11.4 Å². The van der Waals surface area contributed by atoms with Crippen molar-refractivity contribution in [3.63, 3.8) is 0 Å². The van der Waals surface area contributed by atoms with Gasteiger partial charge in [-0.3, -0.25) is 0 Å². The molecule has 0 aromatic heterocycles. The Bertz CT molecular complexity index is 946. The van der Waals surface area contributed by atoms with Crippen molar-refractivity contribution in [1.29, 1.82) is 10.5 Å². The first-order valence-electron chi connectivity index (χ1n) is 6.65. The summed E-state index contributed by atoms with van der Waals surface area (Å²) in [5.74, 6) is 0. The molecule has 1 aliphatic rings. The predicted octanol–water partition coefficient (Wildman–Crippen LogP) is 2.37. The third kappa shape index (κ3) is 2.43. The molecule has 0 unspecified atom stereocenters. The number of nitrogens with zero attached hydrogens (tertiary/aromatic N) is 4. The van der Waals surface area contributed by atoms with Gasteiger partial charge in [0.25, 0.3) is 0 Å². The lowest BCUT2D eigenvalue weighted by Gasteiger charge is -2.17. The Kier molecular flexibility index (Phi) is 3.58. The molecule has 4 nitrogen and oxygen atoms in total. The van der Waals surface area contributed by atoms with Crippen LogP contribution in [0.25, 0.3) is 5.57 Å². The fraction of sp³-hybridized carbons (Fsp3) is 0.118. The molecule has 3 rings (SSSR count). The molecule has 0 bridgehead atoms. The molecule has 0 saturated heterocycles. The number of rotatable bonds is 1. The fourth-order valence-electron chi connectivity index (χ4n) is 2.20. The molecule has 106 valence electrons. The molecule has 22 heavy (non-hydrogen) atoms. The van der Waals surface area contributed by atoms with E-state index in [1.54, 1.807) is 17.8 Å². The summed E-state index contributed by atoms with van der Waals surface area (Å²) in [5, 5.41) is 19.5. The molecule has 0 fully saturated rings. The van der Waals surface area contributed by atoms with E-state index in [1.165, 1.54) is 0 Å². The van der Waals surface area contributed by atoms with E-state index >= 15 is 0 Å². The van der Waals surface area contributed by atoms with Crippen molar-refractivity contribution in [2.45, 2.75) is 9.79 Å². The number of benzene rings is 2. The summed E-state index contributed by atoms with van der Waals surface area (Å²) >= 11 is 1.61. The highest BCUT2D eigenvalue weighted by molar-refractivity contribution is 7.99. The van der Waals surface area contributed by atoms with Gasteiger partial charge in [0.15, 0.2) is 0 Å². The summed E-state index contributed by atoms with van der Waals surface area (Å²) in [6.45, 7) is 0. The van der Waals surface area contributed by atoms with Crippen LogP contribution in [-0.2, 0) is 0 Å². The molecule has 0 spiro atoms. The molecule has 0 radical (unpaired) electrons. The lowest BCUT2D eigenvalue weighted by molar-refractivity contribution is 1.11. The lowest BCUT2D eigenvalue weighted by Crippen LogP contribution is -2.15. The Morgan fingerprint density at radius 3 is 2.50 bits per heavy atom. The Morgan fingerprint density at radius 2 is 1.82 bits per heavy atom. The summed E-state index contributed by atoms with van der Waals surface area (Å²) in [4.78, 5) is 8.73. The molecular formula is C17H12N4S. The van der Waals surface area contributed by atoms with Crippen molar-refractivity contribution < 1.29 is 0 Å². The van der Waals surface area contributed by atoms with Crippen molar-refractivity contribution >= 4 is 28.7 Å². The zero-order chi connectivity index (χ0) is 15.7. The quantitative estimate of drug-likeness (QED) is 0.692. The molecule has 1 aliphatic heterocycles. The minimum Gasteiger partial charge on any atom is -0.378 e. The predicted molar refractivity (Wildman–Crippen MR) is 86.4 cm³/mol. The first-order chi connectivity index (χ1) is 10.6. The van der Waals surface area contributed by atoms with Crippen LogP contribution in [0.3, 0.4) is 0 Å². The van der Waals surface area contributed by atoms with E-state index in [9.17, 15) is 0 Å². The van der Waals surface area contributed by atoms with Gasteiger partial charge in [0.1, 0.15) is 17.7 Å². The second-order valence-corrected chi connectivity index (χ2v) is 6.13. The largest absolute Gasteiger partial charge is 0.378 e. The number of fused-ring (bicyclic) bond motifs is 2. The van der Waals surface area contributed by atoms with Crippen molar-refractivity contribution in [3.05, 3.63) is 47.0 Å². The molecule has 0 amide bonds. The number of nitriles is 2. The first kappa shape index (κ1) is 14.2. The Morgan fingerprint density at radius 1 is 1.05 bits per heavy atom. The van der Waals surface area contributed by atoms with Crippen LogP contribution in [0.2, 0.25) is 0 Å². The molecule has 2 aromatic carbocycles. The van der Waals surface area contributed by atoms with E-state index in [2.05, 4.69) is 11.1 Å². The maximum atomic E-state index is 8.99. The van der Waals surface area contributed by atoms with E-state index in [-0.39, 0.29) is 5.57 Å². The molecule has 1 heterocycles. The number of anilines is 1. The van der Waals surface area contributed by atoms with Gasteiger partial charge in [0, 0.05) is 34.8 Å². The lowest BCUT2D eigenvalue weighted by atomic mass is 10.2. The van der Waals surface area contributed by atoms with Crippen LogP contribution >= 0.6 is 11.8 Å². The molecule has 0 atom stereocenters. The maximum absolute atomic E-state index is 8.99. The Hall–Kier alpha value is -2.76. The number of hydrogen-bond acceptors (Lipinski definition) is 5. The van der Waals surface area contributed by atoms with Gasteiger partial charge in [-0.25, -0.2) is 4.99 Å². The molecule has 5 heteroatoms. The smallest absolute Gasteiger partial charge is 0.136 e. The summed E-state index contributed by atoms with van der Waals surface area (Å²) in [6, 6.07) is 15.5. The highest BCUT2D eigenvalue weighted by atomic mass is 32.2. The van der Waals surface area contributed by atoms with Crippen LogP contribution in [0, 0.1) is 22.7 Å². The molecule has 0 saturated carbocycles. The Balaban J connectivity index is 2.18. The van der Waals surface area contributed by atoms with Crippen molar-refractivity contribution in [3.8, 4) is 12.1 Å². The summed E-state index contributed by atoms with van der Waals surface area (Å²) < 4.78 is 0. The van der Waals surface area contributed by atoms with Crippen LogP contribution in [-0.4, -0.2) is 14.1 Å². The van der Waals surface area contributed by atoms with E-state index in [0.29, 0.717) is 5.22 Å². The average Bonchev–Trinajstić information content (AvgIpc) is 2.53. The van der Waals surface area contributed by atoms with Gasteiger partial charge in [-0.2, -0.15) is 10.5 Å². The van der Waals surface area contributed by atoms with E-state index in [0.717, 1.165) is 26.5 Å². The van der Waals surface area contributed by atoms with Gasteiger partial charge >= 0.3 is 0 Å².